The first kappa shape index (κ1) is 17.5. The number of imidazole rings is 1. The van der Waals surface area contributed by atoms with Gasteiger partial charge in [-0.15, -0.1) is 0 Å². The monoisotopic (exact) mass is 394 g/mol. The van der Waals surface area contributed by atoms with E-state index < -0.39 is 17.9 Å². The van der Waals surface area contributed by atoms with Crippen LogP contribution in [0.3, 0.4) is 0 Å². The van der Waals surface area contributed by atoms with E-state index in [-0.39, 0.29) is 13.0 Å². The lowest BCUT2D eigenvalue weighted by molar-refractivity contribution is 0.0861. The molecule has 4 heterocycles. The highest BCUT2D eigenvalue weighted by Gasteiger charge is 2.62. The minimum absolute atomic E-state index is 0.0367. The molecule has 0 N–H and O–H groups in total. The van der Waals surface area contributed by atoms with Gasteiger partial charge in [-0.25, -0.2) is 25.3 Å². The lowest BCUT2D eigenvalue weighted by Gasteiger charge is -2.11. The standard InChI is InChI=1S/C19H16F2N8/c1-22-9-16(14-6-19(14,20)21)29-11-13(8-25-29)18-26-15(12-7-24-27(2)10-12)5-17-23-3-4-28(17)18/h3-5,7-8,10-11,14,16H,6,9H2,2H3/t14-,16+/m1/s1. The Balaban J connectivity index is 1.58. The molecule has 0 bridgehead atoms. The Morgan fingerprint density at radius 1 is 1.28 bits per heavy atom. The highest BCUT2D eigenvalue weighted by Crippen LogP contribution is 2.54. The van der Waals surface area contributed by atoms with E-state index in [0.717, 1.165) is 5.56 Å². The number of aryl methyl sites for hydroxylation is 1. The van der Waals surface area contributed by atoms with Crippen LogP contribution in [0.2, 0.25) is 0 Å². The summed E-state index contributed by atoms with van der Waals surface area (Å²) in [4.78, 5) is 12.4. The van der Waals surface area contributed by atoms with Crippen LogP contribution in [0.5, 0.6) is 0 Å². The van der Waals surface area contributed by atoms with Crippen molar-refractivity contribution in [3.8, 4) is 22.6 Å². The van der Waals surface area contributed by atoms with Gasteiger partial charge in [-0.2, -0.15) is 10.2 Å². The molecular weight excluding hydrogens is 378 g/mol. The highest BCUT2D eigenvalue weighted by molar-refractivity contribution is 5.68. The van der Waals surface area contributed by atoms with Crippen molar-refractivity contribution in [3.63, 3.8) is 0 Å². The molecule has 2 atom stereocenters. The molecule has 0 aromatic carbocycles. The van der Waals surface area contributed by atoms with Crippen LogP contribution in [0.25, 0.3) is 33.1 Å². The average molecular weight is 394 g/mol. The molecular formula is C19H16F2N8. The summed E-state index contributed by atoms with van der Waals surface area (Å²) < 4.78 is 32.2. The van der Waals surface area contributed by atoms with Crippen LogP contribution in [0, 0.1) is 12.5 Å². The number of aromatic nitrogens is 7. The third-order valence-electron chi connectivity index (χ3n) is 5.21. The Morgan fingerprint density at radius 3 is 2.76 bits per heavy atom. The molecule has 0 aliphatic heterocycles. The zero-order chi connectivity index (χ0) is 20.2. The molecule has 0 amide bonds. The molecule has 5 rings (SSSR count). The van der Waals surface area contributed by atoms with E-state index in [4.69, 9.17) is 11.6 Å². The van der Waals surface area contributed by atoms with Crippen molar-refractivity contribution in [1.29, 1.82) is 0 Å². The summed E-state index contributed by atoms with van der Waals surface area (Å²) in [5.41, 5.74) is 2.91. The zero-order valence-corrected chi connectivity index (χ0v) is 15.4. The molecule has 1 aliphatic carbocycles. The first-order valence-corrected chi connectivity index (χ1v) is 9.05. The minimum Gasteiger partial charge on any atom is -0.315 e. The zero-order valence-electron chi connectivity index (χ0n) is 15.4. The second kappa shape index (κ2) is 6.20. The van der Waals surface area contributed by atoms with Gasteiger partial charge in [0, 0.05) is 49.9 Å². The van der Waals surface area contributed by atoms with Gasteiger partial charge in [0.2, 0.25) is 6.54 Å². The van der Waals surface area contributed by atoms with Crippen molar-refractivity contribution in [2.45, 2.75) is 18.4 Å². The first-order chi connectivity index (χ1) is 14.0. The van der Waals surface area contributed by atoms with Gasteiger partial charge < -0.3 is 4.85 Å². The second-order valence-electron chi connectivity index (χ2n) is 7.21. The van der Waals surface area contributed by atoms with Crippen LogP contribution in [0.1, 0.15) is 12.5 Å². The van der Waals surface area contributed by atoms with Gasteiger partial charge in [0.15, 0.2) is 0 Å². The number of hydrogen-bond donors (Lipinski definition) is 0. The summed E-state index contributed by atoms with van der Waals surface area (Å²) in [5.74, 6) is -2.99. The predicted octanol–water partition coefficient (Wildman–Crippen LogP) is 3.11. The summed E-state index contributed by atoms with van der Waals surface area (Å²) >= 11 is 0. The largest absolute Gasteiger partial charge is 0.315 e. The van der Waals surface area contributed by atoms with Crippen molar-refractivity contribution >= 4 is 5.65 Å². The van der Waals surface area contributed by atoms with Gasteiger partial charge in [-0.05, 0) is 0 Å². The molecule has 0 radical (unpaired) electrons. The highest BCUT2D eigenvalue weighted by atomic mass is 19.3. The van der Waals surface area contributed by atoms with Crippen LogP contribution < -0.4 is 0 Å². The van der Waals surface area contributed by atoms with Crippen molar-refractivity contribution in [1.82, 2.24) is 33.9 Å². The fourth-order valence-corrected chi connectivity index (χ4v) is 3.60. The Bertz CT molecular complexity index is 1240. The van der Waals surface area contributed by atoms with E-state index in [9.17, 15) is 8.78 Å². The Labute approximate surface area is 164 Å². The smallest absolute Gasteiger partial charge is 0.254 e. The van der Waals surface area contributed by atoms with E-state index in [1.165, 1.54) is 4.68 Å². The fraction of sp³-hybridized carbons (Fsp3) is 0.316. The number of hydrogen-bond acceptors (Lipinski definition) is 4. The maximum atomic E-state index is 13.6. The van der Waals surface area contributed by atoms with Crippen LogP contribution in [-0.4, -0.2) is 46.4 Å². The van der Waals surface area contributed by atoms with Crippen molar-refractivity contribution in [3.05, 3.63) is 54.7 Å². The number of halogens is 2. The average Bonchev–Trinajstić information content (AvgIpc) is 3.21. The Morgan fingerprint density at radius 2 is 2.07 bits per heavy atom. The third kappa shape index (κ3) is 2.95. The van der Waals surface area contributed by atoms with Gasteiger partial charge in [0.25, 0.3) is 5.92 Å². The van der Waals surface area contributed by atoms with Crippen molar-refractivity contribution in [2.75, 3.05) is 6.54 Å². The molecule has 0 unspecified atom stereocenters. The molecule has 10 heteroatoms. The van der Waals surface area contributed by atoms with Gasteiger partial charge in [-0.1, -0.05) is 0 Å². The molecule has 1 aliphatic rings. The normalized spacial score (nSPS) is 18.6. The SMILES string of the molecule is [C-]#[N+]C[C@@H]([C@H]1CC1(F)F)n1cc(-c2nc(-c3cnn(C)c3)cc3nccn23)cn1. The van der Waals surface area contributed by atoms with Gasteiger partial charge in [-0.3, -0.25) is 13.8 Å². The molecule has 1 fully saturated rings. The predicted molar refractivity (Wildman–Crippen MR) is 100.0 cm³/mol. The lowest BCUT2D eigenvalue weighted by atomic mass is 10.2. The summed E-state index contributed by atoms with van der Waals surface area (Å²) in [5, 5.41) is 8.47. The molecule has 146 valence electrons. The quantitative estimate of drug-likeness (QED) is 0.488. The molecule has 29 heavy (non-hydrogen) atoms. The summed E-state index contributed by atoms with van der Waals surface area (Å²) in [6.45, 7) is 7.09. The molecule has 4 aromatic rings. The van der Waals surface area contributed by atoms with Gasteiger partial charge in [0.05, 0.1) is 29.6 Å². The molecule has 8 nitrogen and oxygen atoms in total. The van der Waals surface area contributed by atoms with E-state index in [1.54, 1.807) is 35.7 Å². The topological polar surface area (TPSA) is 70.2 Å². The Kier molecular flexibility index (Phi) is 3.74. The maximum Gasteiger partial charge on any atom is 0.254 e. The third-order valence-corrected chi connectivity index (χ3v) is 5.21. The van der Waals surface area contributed by atoms with Crippen LogP contribution >= 0.6 is 0 Å². The van der Waals surface area contributed by atoms with E-state index in [2.05, 4.69) is 20.0 Å². The minimum atomic E-state index is -2.72. The molecule has 0 saturated heterocycles. The fourth-order valence-electron chi connectivity index (χ4n) is 3.60. The summed E-state index contributed by atoms with van der Waals surface area (Å²) in [6.07, 6.45) is 10.1. The summed E-state index contributed by atoms with van der Waals surface area (Å²) in [7, 11) is 1.83. The van der Waals surface area contributed by atoms with Gasteiger partial charge >= 0.3 is 0 Å². The van der Waals surface area contributed by atoms with E-state index >= 15 is 0 Å². The number of fused-ring (bicyclic) bond motifs is 1. The van der Waals surface area contributed by atoms with Crippen molar-refractivity contribution in [2.24, 2.45) is 13.0 Å². The second-order valence-corrected chi connectivity index (χ2v) is 7.21. The Hall–Kier alpha value is -3.61. The maximum absolute atomic E-state index is 13.6. The van der Waals surface area contributed by atoms with Crippen LogP contribution in [0.15, 0.2) is 43.2 Å². The number of alkyl halides is 2. The number of nitrogens with zero attached hydrogens (tertiary/aromatic N) is 8. The van der Waals surface area contributed by atoms with E-state index in [0.29, 0.717) is 22.7 Å². The van der Waals surface area contributed by atoms with E-state index in [1.807, 2.05) is 23.7 Å². The lowest BCUT2D eigenvalue weighted by Crippen LogP contribution is -2.17. The van der Waals surface area contributed by atoms with Gasteiger partial charge in [0.1, 0.15) is 17.5 Å². The number of rotatable bonds is 5. The first-order valence-electron chi connectivity index (χ1n) is 9.05. The summed E-state index contributed by atoms with van der Waals surface area (Å²) in [6, 6.07) is 1.20. The molecule has 0 spiro atoms. The van der Waals surface area contributed by atoms with Crippen LogP contribution in [-0.2, 0) is 7.05 Å². The van der Waals surface area contributed by atoms with Crippen molar-refractivity contribution < 1.29 is 8.78 Å². The molecule has 4 aromatic heterocycles. The molecule has 1 saturated carbocycles. The van der Waals surface area contributed by atoms with Crippen LogP contribution in [0.4, 0.5) is 8.78 Å².